The van der Waals surface area contributed by atoms with Crippen molar-refractivity contribution in [3.63, 3.8) is 0 Å². The van der Waals surface area contributed by atoms with Crippen LogP contribution in [-0.4, -0.2) is 80.1 Å². The predicted octanol–water partition coefficient (Wildman–Crippen LogP) is -3.37. The summed E-state index contributed by atoms with van der Waals surface area (Å²) in [5.74, 6) is -0.390. The first-order valence-electron chi connectivity index (χ1n) is 7.90. The van der Waals surface area contributed by atoms with Crippen molar-refractivity contribution in [1.82, 2.24) is 9.03 Å². The molecule has 0 saturated carbocycles. The lowest BCUT2D eigenvalue weighted by atomic mass is 9.79. The fourth-order valence-corrected chi connectivity index (χ4v) is 4.64. The van der Waals surface area contributed by atoms with Crippen molar-refractivity contribution in [2.24, 2.45) is 17.4 Å². The van der Waals surface area contributed by atoms with E-state index in [1.807, 2.05) is 0 Å². The summed E-state index contributed by atoms with van der Waals surface area (Å²) in [6, 6.07) is -0.931. The minimum atomic E-state index is -3.85. The van der Waals surface area contributed by atoms with E-state index in [1.165, 1.54) is 0 Å². The number of ether oxygens (including phenoxy) is 1. The molecule has 2 unspecified atom stereocenters. The fraction of sp³-hybridized carbons (Fsp3) is 0.917. The third kappa shape index (κ3) is 4.52. The monoisotopic (exact) mass is 364 g/mol. The lowest BCUT2D eigenvalue weighted by Gasteiger charge is -2.24. The highest BCUT2D eigenvalue weighted by Gasteiger charge is 2.48. The van der Waals surface area contributed by atoms with Crippen LogP contribution in [0.4, 0.5) is 0 Å². The third-order valence-electron chi connectivity index (χ3n) is 4.63. The molecule has 7 N–H and O–H groups in total. The van der Waals surface area contributed by atoms with Gasteiger partial charge in [0, 0.05) is 19.1 Å². The molecular weight excluding hydrogens is 339 g/mol. The molecule has 138 valence electrons. The Morgan fingerprint density at radius 2 is 2.12 bits per heavy atom. The summed E-state index contributed by atoms with van der Waals surface area (Å²) in [6.45, 7) is 0.456. The van der Waals surface area contributed by atoms with Crippen LogP contribution in [0.5, 0.6) is 0 Å². The van der Waals surface area contributed by atoms with Crippen LogP contribution in [0.2, 0.25) is 6.32 Å². The average molecular weight is 364 g/mol. The number of aldehydes is 1. The molecule has 4 atom stereocenters. The zero-order valence-electron chi connectivity index (χ0n) is 13.4. The molecule has 0 radical (unpaired) electrons. The van der Waals surface area contributed by atoms with Crippen LogP contribution in [0.15, 0.2) is 0 Å². The molecular formula is C12H25BN4O6S. The summed E-state index contributed by atoms with van der Waals surface area (Å²) in [6.07, 6.45) is 1.57. The van der Waals surface area contributed by atoms with Gasteiger partial charge < -0.3 is 31.0 Å². The number of hydrogen-bond acceptors (Lipinski definition) is 8. The van der Waals surface area contributed by atoms with Crippen molar-refractivity contribution in [3.8, 4) is 0 Å². The normalized spacial score (nSPS) is 34.6. The molecule has 0 aromatic rings. The maximum absolute atomic E-state index is 12.5. The molecule has 2 aliphatic rings. The van der Waals surface area contributed by atoms with Crippen LogP contribution in [0.25, 0.3) is 0 Å². The number of carbonyl (C=O) groups is 1. The highest BCUT2D eigenvalue weighted by Crippen LogP contribution is 2.30. The Labute approximate surface area is 141 Å². The Kier molecular flexibility index (Phi) is 6.37. The lowest BCUT2D eigenvalue weighted by molar-refractivity contribution is -0.112. The molecule has 24 heavy (non-hydrogen) atoms. The van der Waals surface area contributed by atoms with Gasteiger partial charge in [-0.2, -0.15) is 17.4 Å². The van der Waals surface area contributed by atoms with E-state index >= 15 is 0 Å². The van der Waals surface area contributed by atoms with Crippen LogP contribution >= 0.6 is 0 Å². The molecule has 12 heteroatoms. The Bertz CT molecular complexity index is 550. The van der Waals surface area contributed by atoms with Crippen molar-refractivity contribution in [2.45, 2.75) is 36.8 Å². The van der Waals surface area contributed by atoms with Crippen molar-refractivity contribution in [2.75, 3.05) is 26.3 Å². The van der Waals surface area contributed by atoms with E-state index in [4.69, 9.17) is 26.3 Å². The molecule has 10 nitrogen and oxygen atoms in total. The summed E-state index contributed by atoms with van der Waals surface area (Å²) in [5, 5.41) is 17.8. The second kappa shape index (κ2) is 7.75. The van der Waals surface area contributed by atoms with Gasteiger partial charge in [0.25, 0.3) is 10.2 Å². The van der Waals surface area contributed by atoms with E-state index in [0.29, 0.717) is 19.1 Å². The zero-order valence-corrected chi connectivity index (χ0v) is 14.2. The van der Waals surface area contributed by atoms with E-state index < -0.39 is 35.0 Å². The van der Waals surface area contributed by atoms with Gasteiger partial charge in [0.05, 0.1) is 24.8 Å². The van der Waals surface area contributed by atoms with E-state index in [-0.39, 0.29) is 38.5 Å². The zero-order chi connectivity index (χ0) is 18.0. The molecule has 0 aliphatic carbocycles. The first-order valence-corrected chi connectivity index (χ1v) is 9.34. The Hall–Kier alpha value is -0.595. The van der Waals surface area contributed by atoms with E-state index in [0.717, 1.165) is 4.31 Å². The Balaban J connectivity index is 2.01. The third-order valence-corrected chi connectivity index (χ3v) is 6.19. The number of nitrogens with two attached hydrogens (primary N) is 2. The fourth-order valence-electron chi connectivity index (χ4n) is 3.10. The average Bonchev–Trinajstić information content (AvgIpc) is 3.04. The number of nitrogens with one attached hydrogen (secondary N) is 1. The number of nitrogens with zero attached hydrogens (tertiary/aromatic N) is 1. The molecule has 2 aliphatic heterocycles. The summed E-state index contributed by atoms with van der Waals surface area (Å²) in [5.41, 5.74) is 10.6. The van der Waals surface area contributed by atoms with Crippen LogP contribution in [-0.2, 0) is 19.7 Å². The van der Waals surface area contributed by atoms with Gasteiger partial charge in [-0.25, -0.2) is 0 Å². The van der Waals surface area contributed by atoms with Gasteiger partial charge in [-0.15, -0.1) is 0 Å². The molecule has 2 heterocycles. The van der Waals surface area contributed by atoms with Crippen LogP contribution < -0.4 is 16.2 Å². The van der Waals surface area contributed by atoms with Gasteiger partial charge in [0.15, 0.2) is 0 Å². The van der Waals surface area contributed by atoms with Gasteiger partial charge in [-0.3, -0.25) is 0 Å². The first-order chi connectivity index (χ1) is 11.2. The SMILES string of the molecule is NC1COCC1NS(=O)(=O)N1C[C@H](CCCB(O)O)[C@](N)(C=O)C1. The van der Waals surface area contributed by atoms with Gasteiger partial charge in [-0.05, 0) is 18.7 Å². The van der Waals surface area contributed by atoms with Crippen molar-refractivity contribution < 1.29 is 28.0 Å². The summed E-state index contributed by atoms with van der Waals surface area (Å²) in [7, 11) is -5.28. The summed E-state index contributed by atoms with van der Waals surface area (Å²) < 4.78 is 33.8. The number of hydrogen-bond donors (Lipinski definition) is 5. The second-order valence-corrected chi connectivity index (χ2v) is 8.26. The first kappa shape index (κ1) is 19.7. The smallest absolute Gasteiger partial charge is 0.427 e. The van der Waals surface area contributed by atoms with Crippen molar-refractivity contribution in [1.29, 1.82) is 0 Å². The molecule has 0 aromatic heterocycles. The van der Waals surface area contributed by atoms with Gasteiger partial charge in [0.1, 0.15) is 6.29 Å². The Morgan fingerprint density at radius 1 is 1.42 bits per heavy atom. The van der Waals surface area contributed by atoms with Crippen molar-refractivity contribution in [3.05, 3.63) is 0 Å². The molecule has 0 bridgehead atoms. The summed E-state index contributed by atoms with van der Waals surface area (Å²) >= 11 is 0. The molecule has 2 fully saturated rings. The highest BCUT2D eigenvalue weighted by molar-refractivity contribution is 7.87. The number of rotatable bonds is 8. The number of carbonyl (C=O) groups excluding carboxylic acids is 1. The molecule has 0 aromatic carbocycles. The van der Waals surface area contributed by atoms with Crippen molar-refractivity contribution >= 4 is 23.6 Å². The van der Waals surface area contributed by atoms with Gasteiger partial charge in [-0.1, -0.05) is 6.42 Å². The molecule has 0 amide bonds. The van der Waals surface area contributed by atoms with Gasteiger partial charge in [0.2, 0.25) is 0 Å². The van der Waals surface area contributed by atoms with Crippen LogP contribution in [0, 0.1) is 5.92 Å². The van der Waals surface area contributed by atoms with Crippen LogP contribution in [0.1, 0.15) is 12.8 Å². The molecule has 2 saturated heterocycles. The van der Waals surface area contributed by atoms with Crippen LogP contribution in [0.3, 0.4) is 0 Å². The van der Waals surface area contributed by atoms with E-state index in [2.05, 4.69) is 4.72 Å². The lowest BCUT2D eigenvalue weighted by Crippen LogP contribution is -2.53. The predicted molar refractivity (Wildman–Crippen MR) is 86.9 cm³/mol. The Morgan fingerprint density at radius 3 is 2.67 bits per heavy atom. The highest BCUT2D eigenvalue weighted by atomic mass is 32.2. The maximum atomic E-state index is 12.5. The maximum Gasteiger partial charge on any atom is 0.451 e. The topological polar surface area (TPSA) is 168 Å². The van der Waals surface area contributed by atoms with E-state index in [1.54, 1.807) is 0 Å². The molecule has 2 rings (SSSR count). The second-order valence-electron chi connectivity index (χ2n) is 6.56. The quantitative estimate of drug-likeness (QED) is 0.220. The molecule has 0 spiro atoms. The summed E-state index contributed by atoms with van der Waals surface area (Å²) in [4.78, 5) is 11.4. The standard InChI is InChI=1S/C12H25BN4O6S/c14-10-5-23-6-11(10)16-24(21,22)17-4-9(2-1-3-13(19)20)12(15,7-17)8-18/h8-11,16,19-20H,1-7,14-15H2/t9-,10?,11?,12+/m0/s1. The largest absolute Gasteiger partial charge is 0.451 e. The minimum absolute atomic E-state index is 0.0922. The van der Waals surface area contributed by atoms with E-state index in [9.17, 15) is 13.2 Å². The van der Waals surface area contributed by atoms with Gasteiger partial charge >= 0.3 is 7.12 Å². The minimum Gasteiger partial charge on any atom is -0.427 e.